The van der Waals surface area contributed by atoms with Crippen molar-refractivity contribution < 1.29 is 4.79 Å². The fourth-order valence-corrected chi connectivity index (χ4v) is 3.96. The van der Waals surface area contributed by atoms with Gasteiger partial charge in [0.1, 0.15) is 11.4 Å². The Balaban J connectivity index is 1.59. The number of halogens is 1. The van der Waals surface area contributed by atoms with Crippen LogP contribution in [0.2, 0.25) is 5.02 Å². The summed E-state index contributed by atoms with van der Waals surface area (Å²) in [4.78, 5) is 30.3. The molecule has 0 saturated carbocycles. The third-order valence-electron chi connectivity index (χ3n) is 4.36. The molecule has 0 aliphatic carbocycles. The van der Waals surface area contributed by atoms with Crippen LogP contribution in [0.1, 0.15) is 5.56 Å². The summed E-state index contributed by atoms with van der Waals surface area (Å²) in [6.07, 6.45) is 1.43. The molecule has 7 heteroatoms. The molecular formula is C21H16ClN3O2S. The third-order valence-corrected chi connectivity index (χ3v) is 5.50. The van der Waals surface area contributed by atoms with E-state index in [2.05, 4.69) is 10.3 Å². The van der Waals surface area contributed by atoms with Crippen LogP contribution in [0.4, 0.5) is 0 Å². The molecule has 2 aromatic carbocycles. The Hall–Kier alpha value is -2.96. The van der Waals surface area contributed by atoms with E-state index >= 15 is 0 Å². The number of rotatable bonds is 5. The molecule has 0 radical (unpaired) electrons. The van der Waals surface area contributed by atoms with E-state index in [4.69, 9.17) is 11.6 Å². The molecule has 4 rings (SSSR count). The highest BCUT2D eigenvalue weighted by Crippen LogP contribution is 2.31. The number of thiophene rings is 1. The zero-order valence-corrected chi connectivity index (χ0v) is 16.3. The Labute approximate surface area is 170 Å². The summed E-state index contributed by atoms with van der Waals surface area (Å²) in [6.45, 7) is 0.336. The summed E-state index contributed by atoms with van der Waals surface area (Å²) in [7, 11) is 0. The van der Waals surface area contributed by atoms with Gasteiger partial charge in [0.15, 0.2) is 0 Å². The number of benzene rings is 2. The number of hydrogen-bond donors (Lipinski definition) is 1. The summed E-state index contributed by atoms with van der Waals surface area (Å²) in [6, 6.07) is 16.9. The van der Waals surface area contributed by atoms with Gasteiger partial charge < -0.3 is 5.32 Å². The van der Waals surface area contributed by atoms with Gasteiger partial charge in [0.05, 0.1) is 11.7 Å². The molecule has 0 saturated heterocycles. The predicted octanol–water partition coefficient (Wildman–Crippen LogP) is 4.09. The van der Waals surface area contributed by atoms with Crippen molar-refractivity contribution in [3.8, 4) is 11.1 Å². The van der Waals surface area contributed by atoms with Crippen molar-refractivity contribution >= 4 is 39.1 Å². The number of carbonyl (C=O) groups is 1. The average Bonchev–Trinajstić information content (AvgIpc) is 3.15. The predicted molar refractivity (Wildman–Crippen MR) is 113 cm³/mol. The van der Waals surface area contributed by atoms with E-state index < -0.39 is 0 Å². The summed E-state index contributed by atoms with van der Waals surface area (Å²) in [5.41, 5.74) is 2.46. The second-order valence-electron chi connectivity index (χ2n) is 6.28. The second kappa shape index (κ2) is 7.96. The van der Waals surface area contributed by atoms with Gasteiger partial charge in [0.2, 0.25) is 5.91 Å². The smallest absolute Gasteiger partial charge is 0.263 e. The van der Waals surface area contributed by atoms with E-state index in [0.717, 1.165) is 16.7 Å². The molecule has 1 amide bonds. The van der Waals surface area contributed by atoms with Crippen molar-refractivity contribution in [2.24, 2.45) is 0 Å². The number of fused-ring (bicyclic) bond motifs is 1. The van der Waals surface area contributed by atoms with Crippen molar-refractivity contribution in [2.45, 2.75) is 13.1 Å². The zero-order valence-electron chi connectivity index (χ0n) is 14.8. The fourth-order valence-electron chi connectivity index (χ4n) is 2.93. The average molecular weight is 410 g/mol. The minimum absolute atomic E-state index is 0.0789. The standard InChI is InChI=1S/C21H16ClN3O2S/c22-16-8-6-15(7-9-16)17-12-28-20-19(17)21(27)25(13-24-20)11-18(26)23-10-14-4-2-1-3-5-14/h1-9,12-13H,10-11H2,(H,23,26). The topological polar surface area (TPSA) is 64.0 Å². The van der Waals surface area contributed by atoms with Crippen molar-refractivity contribution in [1.29, 1.82) is 0 Å². The van der Waals surface area contributed by atoms with Crippen LogP contribution >= 0.6 is 22.9 Å². The molecule has 1 N–H and O–H groups in total. The molecule has 140 valence electrons. The van der Waals surface area contributed by atoms with Gasteiger partial charge in [-0.15, -0.1) is 11.3 Å². The molecule has 0 aliphatic heterocycles. The van der Waals surface area contributed by atoms with Gasteiger partial charge in [-0.3, -0.25) is 14.2 Å². The van der Waals surface area contributed by atoms with Crippen LogP contribution in [0.5, 0.6) is 0 Å². The lowest BCUT2D eigenvalue weighted by molar-refractivity contribution is -0.121. The van der Waals surface area contributed by atoms with Gasteiger partial charge >= 0.3 is 0 Å². The molecule has 0 atom stereocenters. The summed E-state index contributed by atoms with van der Waals surface area (Å²) < 4.78 is 1.34. The number of nitrogens with zero attached hydrogens (tertiary/aromatic N) is 2. The van der Waals surface area contributed by atoms with Crippen LogP contribution in [0.3, 0.4) is 0 Å². The number of aromatic nitrogens is 2. The normalized spacial score (nSPS) is 10.9. The SMILES string of the molecule is O=C(Cn1cnc2scc(-c3ccc(Cl)cc3)c2c1=O)NCc1ccccc1. The fraction of sp³-hybridized carbons (Fsp3) is 0.0952. The number of amides is 1. The molecule has 4 aromatic rings. The van der Waals surface area contributed by atoms with E-state index in [-0.39, 0.29) is 18.0 Å². The van der Waals surface area contributed by atoms with E-state index in [0.29, 0.717) is 21.8 Å². The Bertz CT molecular complexity index is 1180. The van der Waals surface area contributed by atoms with Gasteiger partial charge in [0.25, 0.3) is 5.56 Å². The van der Waals surface area contributed by atoms with Crippen LogP contribution in [-0.2, 0) is 17.9 Å². The lowest BCUT2D eigenvalue weighted by Crippen LogP contribution is -2.32. The van der Waals surface area contributed by atoms with Gasteiger partial charge in [-0.2, -0.15) is 0 Å². The maximum atomic E-state index is 13.0. The van der Waals surface area contributed by atoms with Gasteiger partial charge in [-0.25, -0.2) is 4.98 Å². The van der Waals surface area contributed by atoms with E-state index in [1.807, 2.05) is 47.8 Å². The van der Waals surface area contributed by atoms with Crippen molar-refractivity contribution in [3.63, 3.8) is 0 Å². The van der Waals surface area contributed by atoms with Gasteiger partial charge in [-0.1, -0.05) is 54.1 Å². The highest BCUT2D eigenvalue weighted by atomic mass is 35.5. The van der Waals surface area contributed by atoms with Crippen LogP contribution in [0.15, 0.2) is 71.1 Å². The molecule has 0 aliphatic rings. The van der Waals surface area contributed by atoms with Gasteiger partial charge in [-0.05, 0) is 23.3 Å². The Morgan fingerprint density at radius 1 is 1.11 bits per heavy atom. The van der Waals surface area contributed by atoms with E-state index in [9.17, 15) is 9.59 Å². The van der Waals surface area contributed by atoms with Crippen molar-refractivity contribution in [3.05, 3.63) is 87.2 Å². The minimum Gasteiger partial charge on any atom is -0.350 e. The molecule has 0 unspecified atom stereocenters. The Morgan fingerprint density at radius 2 is 1.86 bits per heavy atom. The number of hydrogen-bond acceptors (Lipinski definition) is 4. The Morgan fingerprint density at radius 3 is 2.61 bits per heavy atom. The lowest BCUT2D eigenvalue weighted by Gasteiger charge is -2.08. The van der Waals surface area contributed by atoms with Crippen LogP contribution in [0.25, 0.3) is 21.3 Å². The molecule has 28 heavy (non-hydrogen) atoms. The lowest BCUT2D eigenvalue weighted by atomic mass is 10.1. The highest BCUT2D eigenvalue weighted by Gasteiger charge is 2.14. The maximum Gasteiger partial charge on any atom is 0.263 e. The largest absolute Gasteiger partial charge is 0.350 e. The quantitative estimate of drug-likeness (QED) is 0.539. The number of nitrogens with one attached hydrogen (secondary N) is 1. The van der Waals surface area contributed by atoms with Crippen LogP contribution < -0.4 is 10.9 Å². The zero-order chi connectivity index (χ0) is 19.5. The highest BCUT2D eigenvalue weighted by molar-refractivity contribution is 7.17. The summed E-state index contributed by atoms with van der Waals surface area (Å²) >= 11 is 7.36. The molecular weight excluding hydrogens is 394 g/mol. The van der Waals surface area contributed by atoms with Gasteiger partial charge in [0, 0.05) is 22.5 Å². The number of carbonyl (C=O) groups excluding carboxylic acids is 1. The second-order valence-corrected chi connectivity index (χ2v) is 7.57. The third kappa shape index (κ3) is 3.83. The first-order chi connectivity index (χ1) is 13.6. The molecule has 0 spiro atoms. The van der Waals surface area contributed by atoms with E-state index in [1.54, 1.807) is 12.1 Å². The molecule has 0 bridgehead atoms. The Kier molecular flexibility index (Phi) is 5.23. The summed E-state index contributed by atoms with van der Waals surface area (Å²) in [5.74, 6) is -0.240. The first-order valence-electron chi connectivity index (χ1n) is 8.65. The van der Waals surface area contributed by atoms with Crippen LogP contribution in [0, 0.1) is 0 Å². The molecule has 2 heterocycles. The molecule has 5 nitrogen and oxygen atoms in total. The maximum absolute atomic E-state index is 13.0. The molecule has 0 fully saturated rings. The molecule has 2 aromatic heterocycles. The first-order valence-corrected chi connectivity index (χ1v) is 9.91. The van der Waals surface area contributed by atoms with Crippen molar-refractivity contribution in [1.82, 2.24) is 14.9 Å². The van der Waals surface area contributed by atoms with Crippen LogP contribution in [-0.4, -0.2) is 15.5 Å². The monoisotopic (exact) mass is 409 g/mol. The minimum atomic E-state index is -0.240. The van der Waals surface area contributed by atoms with E-state index in [1.165, 1.54) is 22.2 Å². The summed E-state index contributed by atoms with van der Waals surface area (Å²) in [5, 5.41) is 5.89. The van der Waals surface area contributed by atoms with Crippen molar-refractivity contribution in [2.75, 3.05) is 0 Å². The first kappa shape index (κ1) is 18.4.